The van der Waals surface area contributed by atoms with Crippen molar-refractivity contribution in [3.8, 4) is 22.2 Å². The first-order chi connectivity index (χ1) is 27.1. The Labute approximate surface area is 339 Å². The summed E-state index contributed by atoms with van der Waals surface area (Å²) in [6, 6.07) is 3.64. The van der Waals surface area contributed by atoms with Crippen molar-refractivity contribution < 1.29 is 38.1 Å². The molecule has 0 spiro atoms. The second-order valence-corrected chi connectivity index (χ2v) is 17.6. The first-order valence-corrected chi connectivity index (χ1v) is 21.0. The van der Waals surface area contributed by atoms with Gasteiger partial charge in [-0.05, 0) is 78.4 Å². The van der Waals surface area contributed by atoms with E-state index in [1.807, 2.05) is 49.6 Å². The van der Waals surface area contributed by atoms with E-state index in [9.17, 15) is 19.2 Å². The Bertz CT molecular complexity index is 2020. The first kappa shape index (κ1) is 41.9. The van der Waals surface area contributed by atoms with Crippen LogP contribution in [0.2, 0.25) is 0 Å². The number of ether oxygens (including phenoxy) is 4. The number of carbonyl (C=O) groups excluding carboxylic acids is 4. The normalized spacial score (nSPS) is 26.1. The summed E-state index contributed by atoms with van der Waals surface area (Å²) in [6.07, 6.45) is 6.55. The lowest BCUT2D eigenvalue weighted by molar-refractivity contribution is -0.150. The summed E-state index contributed by atoms with van der Waals surface area (Å²) in [5, 5.41) is 9.38. The van der Waals surface area contributed by atoms with E-state index in [-0.39, 0.29) is 25.0 Å². The molecule has 308 valence electrons. The van der Waals surface area contributed by atoms with Crippen LogP contribution in [-0.4, -0.2) is 88.3 Å². The topological polar surface area (TPSA) is 158 Å². The molecule has 0 unspecified atom stereocenters. The molecule has 0 bridgehead atoms. The highest BCUT2D eigenvalue weighted by Crippen LogP contribution is 2.47. The van der Waals surface area contributed by atoms with Crippen LogP contribution in [0.3, 0.4) is 0 Å². The Morgan fingerprint density at radius 1 is 1.12 bits per heavy atom. The number of nitrogens with zero attached hydrogens (tertiary/aromatic N) is 3. The van der Waals surface area contributed by atoms with E-state index in [4.69, 9.17) is 28.9 Å². The van der Waals surface area contributed by atoms with Gasteiger partial charge in [-0.1, -0.05) is 45.8 Å². The van der Waals surface area contributed by atoms with Gasteiger partial charge < -0.3 is 34.5 Å². The van der Waals surface area contributed by atoms with Crippen LogP contribution in [0.1, 0.15) is 104 Å². The number of methoxy groups -OCH3 is 1. The minimum atomic E-state index is -1.24. The zero-order valence-electron chi connectivity index (χ0n) is 34.6. The summed E-state index contributed by atoms with van der Waals surface area (Å²) < 4.78 is 23.6. The molecule has 13 nitrogen and oxygen atoms in total. The van der Waals surface area contributed by atoms with Crippen molar-refractivity contribution in [2.45, 2.75) is 129 Å². The highest BCUT2D eigenvalue weighted by atomic mass is 32.1. The molecule has 2 N–H and O–H groups in total. The number of benzene rings is 1. The number of hydrogen-bond donors (Lipinski definition) is 2. The molecule has 2 aliphatic heterocycles. The number of pyridine rings is 1. The van der Waals surface area contributed by atoms with Crippen molar-refractivity contribution in [2.24, 2.45) is 11.8 Å². The van der Waals surface area contributed by atoms with Gasteiger partial charge in [0.25, 0.3) is 0 Å². The maximum absolute atomic E-state index is 14.8. The largest absolute Gasteiger partial charge is 0.496 e. The van der Waals surface area contributed by atoms with Crippen molar-refractivity contribution in [1.82, 2.24) is 25.5 Å². The third-order valence-electron chi connectivity index (χ3n) is 11.0. The number of allylic oxidation sites excluding steroid dienone is 1. The average molecular weight is 804 g/mol. The van der Waals surface area contributed by atoms with Crippen LogP contribution in [0.15, 0.2) is 35.7 Å². The van der Waals surface area contributed by atoms with Crippen LogP contribution >= 0.6 is 11.3 Å². The number of carbonyl (C=O) groups is 4. The van der Waals surface area contributed by atoms with E-state index in [1.165, 1.54) is 16.2 Å². The molecule has 3 amide bonds. The number of alkyl carbamates (subject to hydrolysis) is 1. The number of hydrogen-bond acceptors (Lipinski definition) is 11. The molecule has 1 aromatic carbocycles. The summed E-state index contributed by atoms with van der Waals surface area (Å²) >= 11 is 1.50. The standard InChI is InChI=1S/C43H57N5O8S/c1-10-54-40(51)43-21-27(43)16-14-12-11-13-15-17-29(46-41(52)56-42(6,7)8)39(50)48-22-34(26(5)36(48)37(49)47-43)55-33-20-30(38-45-31(23-57-38)24(2)3)44-35-25(4)32(53-9)19-18-28(33)35/h14,16,18-20,23-24,26-27,29,34,36H,10-13,15,17,21-22H2,1-9H3,(H,46,52)(H,47,49)/b16-14-/t26-,27-,29+,34+,36+,43-/m1/s1. The predicted molar refractivity (Wildman–Crippen MR) is 218 cm³/mol. The number of thiazole rings is 1. The van der Waals surface area contributed by atoms with Gasteiger partial charge in [-0.25, -0.2) is 19.6 Å². The first-order valence-electron chi connectivity index (χ1n) is 20.1. The summed E-state index contributed by atoms with van der Waals surface area (Å²) in [6.45, 7) is 15.2. The fraction of sp³-hybridized carbons (Fsp3) is 0.581. The highest BCUT2D eigenvalue weighted by molar-refractivity contribution is 7.13. The lowest BCUT2D eigenvalue weighted by atomic mass is 9.98. The summed E-state index contributed by atoms with van der Waals surface area (Å²) in [5.74, 6) is -0.747. The van der Waals surface area contributed by atoms with Gasteiger partial charge in [0.15, 0.2) is 0 Å². The van der Waals surface area contributed by atoms with Crippen LogP contribution in [0.5, 0.6) is 11.5 Å². The zero-order valence-corrected chi connectivity index (χ0v) is 35.4. The maximum atomic E-state index is 14.8. The maximum Gasteiger partial charge on any atom is 0.408 e. The fourth-order valence-corrected chi connectivity index (χ4v) is 8.75. The summed E-state index contributed by atoms with van der Waals surface area (Å²) in [5.41, 5.74) is 1.09. The van der Waals surface area contributed by atoms with Crippen LogP contribution < -0.4 is 20.1 Å². The molecule has 3 aliphatic rings. The van der Waals surface area contributed by atoms with E-state index < -0.39 is 59.1 Å². The lowest BCUT2D eigenvalue weighted by Gasteiger charge is -2.31. The lowest BCUT2D eigenvalue weighted by Crippen LogP contribution is -2.57. The number of amides is 3. The molecule has 1 aliphatic carbocycles. The SMILES string of the molecule is CCOC(=O)[C@@]12C[C@H]1/C=C\CCCCC[C@H](NC(=O)OC(C)(C)C)C(=O)N1C[C@H](Oc3cc(-c4nc(C(C)C)cs4)nc4c(C)c(OC)ccc34)[C@@H](C)[C@H]1C(=O)N2. The molecule has 1 saturated heterocycles. The van der Waals surface area contributed by atoms with E-state index >= 15 is 0 Å². The van der Waals surface area contributed by atoms with Crippen LogP contribution in [-0.2, 0) is 23.9 Å². The summed E-state index contributed by atoms with van der Waals surface area (Å²) in [7, 11) is 1.62. The van der Waals surface area contributed by atoms with Gasteiger partial charge in [-0.3, -0.25) is 9.59 Å². The van der Waals surface area contributed by atoms with Gasteiger partial charge in [0, 0.05) is 34.2 Å². The van der Waals surface area contributed by atoms with Gasteiger partial charge in [-0.2, -0.15) is 0 Å². The zero-order chi connectivity index (χ0) is 41.2. The number of nitrogens with one attached hydrogen (secondary N) is 2. The van der Waals surface area contributed by atoms with Crippen LogP contribution in [0.25, 0.3) is 21.6 Å². The van der Waals surface area contributed by atoms with Gasteiger partial charge in [0.05, 0.1) is 31.5 Å². The monoisotopic (exact) mass is 803 g/mol. The summed E-state index contributed by atoms with van der Waals surface area (Å²) in [4.78, 5) is 67.4. The van der Waals surface area contributed by atoms with Gasteiger partial charge in [0.2, 0.25) is 11.8 Å². The molecule has 3 aromatic rings. The third kappa shape index (κ3) is 9.05. The Morgan fingerprint density at radius 3 is 2.58 bits per heavy atom. The minimum Gasteiger partial charge on any atom is -0.496 e. The molecule has 2 fully saturated rings. The van der Waals surface area contributed by atoms with Crippen molar-refractivity contribution in [2.75, 3.05) is 20.3 Å². The Balaban J connectivity index is 1.40. The van der Waals surface area contributed by atoms with Crippen molar-refractivity contribution >= 4 is 46.1 Å². The molecular formula is C43H57N5O8S. The van der Waals surface area contributed by atoms with Gasteiger partial charge >= 0.3 is 12.1 Å². The highest BCUT2D eigenvalue weighted by Gasteiger charge is 2.62. The molecule has 2 aromatic heterocycles. The number of fused-ring (bicyclic) bond motifs is 3. The second kappa shape index (κ2) is 17.0. The number of aromatic nitrogens is 2. The van der Waals surface area contributed by atoms with Gasteiger partial charge in [0.1, 0.15) is 51.5 Å². The Morgan fingerprint density at radius 2 is 1.89 bits per heavy atom. The molecule has 6 rings (SSSR count). The fourth-order valence-electron chi connectivity index (χ4n) is 7.81. The quantitative estimate of drug-likeness (QED) is 0.176. The minimum absolute atomic E-state index is 0.0450. The Kier molecular flexibility index (Phi) is 12.5. The van der Waals surface area contributed by atoms with Crippen molar-refractivity contribution in [3.63, 3.8) is 0 Å². The van der Waals surface area contributed by atoms with Crippen LogP contribution in [0.4, 0.5) is 4.79 Å². The molecule has 6 atom stereocenters. The van der Waals surface area contributed by atoms with Crippen molar-refractivity contribution in [3.05, 3.63) is 47.0 Å². The number of aryl methyl sites for hydroxylation is 1. The molecular weight excluding hydrogens is 747 g/mol. The van der Waals surface area contributed by atoms with E-state index in [0.29, 0.717) is 42.0 Å². The number of rotatable bonds is 8. The molecule has 57 heavy (non-hydrogen) atoms. The molecule has 4 heterocycles. The van der Waals surface area contributed by atoms with E-state index in [0.717, 1.165) is 40.9 Å². The molecule has 1 saturated carbocycles. The third-order valence-corrected chi connectivity index (χ3v) is 11.9. The Hall–Kier alpha value is -4.72. The van der Waals surface area contributed by atoms with Crippen molar-refractivity contribution in [1.29, 1.82) is 0 Å². The van der Waals surface area contributed by atoms with E-state index in [1.54, 1.807) is 34.8 Å². The molecule has 14 heteroatoms. The number of esters is 1. The van der Waals surface area contributed by atoms with E-state index in [2.05, 4.69) is 24.5 Å². The average Bonchev–Trinajstić information content (AvgIpc) is 3.44. The second-order valence-electron chi connectivity index (χ2n) is 16.7. The molecule has 0 radical (unpaired) electrons. The van der Waals surface area contributed by atoms with Crippen LogP contribution in [0, 0.1) is 18.8 Å². The predicted octanol–water partition coefficient (Wildman–Crippen LogP) is 7.24. The van der Waals surface area contributed by atoms with Gasteiger partial charge in [-0.15, -0.1) is 11.3 Å². The smallest absolute Gasteiger partial charge is 0.408 e.